The van der Waals surface area contributed by atoms with Gasteiger partial charge in [-0.15, -0.1) is 11.3 Å². The second-order valence-electron chi connectivity index (χ2n) is 4.37. The number of hydrogen-bond donors (Lipinski definition) is 1. The van der Waals surface area contributed by atoms with Crippen molar-refractivity contribution in [2.24, 2.45) is 5.10 Å². The van der Waals surface area contributed by atoms with Crippen molar-refractivity contribution >= 4 is 46.0 Å². The molecular weight excluding hydrogens is 427 g/mol. The van der Waals surface area contributed by atoms with Gasteiger partial charge in [0.05, 0.1) is 27.9 Å². The normalized spacial score (nSPS) is 10.7. The van der Waals surface area contributed by atoms with Crippen LogP contribution in [0, 0.1) is 3.57 Å². The van der Waals surface area contributed by atoms with Crippen molar-refractivity contribution in [3.63, 3.8) is 0 Å². The van der Waals surface area contributed by atoms with Crippen molar-refractivity contribution < 1.29 is 14.3 Å². The maximum absolute atomic E-state index is 11.8. The van der Waals surface area contributed by atoms with E-state index in [-0.39, 0.29) is 5.91 Å². The van der Waals surface area contributed by atoms with E-state index in [1.807, 2.05) is 37.4 Å². The molecule has 0 fully saturated rings. The maximum Gasteiger partial charge on any atom is 0.281 e. The zero-order valence-corrected chi connectivity index (χ0v) is 15.8. The number of thiophene rings is 1. The van der Waals surface area contributed by atoms with Gasteiger partial charge in [-0.1, -0.05) is 6.07 Å². The fraction of sp³-hybridized carbons (Fsp3) is 0.250. The Bertz CT molecular complexity index is 687. The minimum absolute atomic E-state index is 0.220. The summed E-state index contributed by atoms with van der Waals surface area (Å²) in [5.74, 6) is 1.18. The number of carbonyl (C=O) groups is 1. The van der Waals surface area contributed by atoms with Crippen LogP contribution in [-0.2, 0) is 0 Å². The number of nitrogens with one attached hydrogen (secondary N) is 1. The van der Waals surface area contributed by atoms with E-state index < -0.39 is 0 Å². The van der Waals surface area contributed by atoms with Crippen LogP contribution in [0.25, 0.3) is 0 Å². The second-order valence-corrected chi connectivity index (χ2v) is 6.48. The average molecular weight is 444 g/mol. The van der Waals surface area contributed by atoms with Crippen LogP contribution in [0.4, 0.5) is 0 Å². The molecule has 2 aromatic rings. The molecule has 0 aliphatic rings. The van der Waals surface area contributed by atoms with Gasteiger partial charge in [0.2, 0.25) is 0 Å². The Balaban J connectivity index is 2.13. The van der Waals surface area contributed by atoms with Gasteiger partial charge in [0.25, 0.3) is 5.91 Å². The second kappa shape index (κ2) is 8.88. The molecular formula is C16H17IN2O3S. The molecule has 1 heterocycles. The zero-order chi connectivity index (χ0) is 16.7. The number of hydrogen-bond acceptors (Lipinski definition) is 5. The molecule has 1 amide bonds. The summed E-state index contributed by atoms with van der Waals surface area (Å²) >= 11 is 3.57. The van der Waals surface area contributed by atoms with E-state index in [2.05, 4.69) is 33.1 Å². The van der Waals surface area contributed by atoms with Crippen LogP contribution in [0.5, 0.6) is 11.5 Å². The van der Waals surface area contributed by atoms with E-state index in [0.29, 0.717) is 23.8 Å². The van der Waals surface area contributed by atoms with Crippen molar-refractivity contribution in [1.82, 2.24) is 5.43 Å². The van der Waals surface area contributed by atoms with E-state index in [1.54, 1.807) is 12.3 Å². The van der Waals surface area contributed by atoms with Gasteiger partial charge in [-0.3, -0.25) is 4.79 Å². The zero-order valence-electron chi connectivity index (χ0n) is 12.8. The predicted molar refractivity (Wildman–Crippen MR) is 101 cm³/mol. The van der Waals surface area contributed by atoms with Crippen LogP contribution in [0.2, 0.25) is 0 Å². The number of hydrazone groups is 1. The highest BCUT2D eigenvalue weighted by Gasteiger charge is 2.11. The summed E-state index contributed by atoms with van der Waals surface area (Å²) in [6, 6.07) is 7.35. The molecule has 5 nitrogen and oxygen atoms in total. The van der Waals surface area contributed by atoms with E-state index in [1.165, 1.54) is 11.3 Å². The van der Waals surface area contributed by atoms with Gasteiger partial charge in [0.1, 0.15) is 0 Å². The fourth-order valence-corrected chi connectivity index (χ4v) is 3.23. The molecule has 122 valence electrons. The summed E-state index contributed by atoms with van der Waals surface area (Å²) < 4.78 is 12.2. The van der Waals surface area contributed by atoms with Crippen molar-refractivity contribution in [2.75, 3.05) is 13.2 Å². The first-order valence-corrected chi connectivity index (χ1v) is 9.07. The molecule has 7 heteroatoms. The molecule has 23 heavy (non-hydrogen) atoms. The lowest BCUT2D eigenvalue weighted by Gasteiger charge is -2.13. The number of ether oxygens (including phenoxy) is 2. The molecule has 0 spiro atoms. The summed E-state index contributed by atoms with van der Waals surface area (Å²) in [6.07, 6.45) is 1.59. The number of halogens is 1. The number of amides is 1. The molecule has 1 N–H and O–H groups in total. The summed E-state index contributed by atoms with van der Waals surface area (Å²) in [6.45, 7) is 4.97. The summed E-state index contributed by atoms with van der Waals surface area (Å²) in [5, 5.41) is 5.85. The molecule has 0 bridgehead atoms. The van der Waals surface area contributed by atoms with Gasteiger partial charge in [-0.2, -0.15) is 5.10 Å². The summed E-state index contributed by atoms with van der Waals surface area (Å²) in [4.78, 5) is 12.4. The Morgan fingerprint density at radius 1 is 1.35 bits per heavy atom. The van der Waals surface area contributed by atoms with Gasteiger partial charge < -0.3 is 9.47 Å². The molecule has 1 aromatic heterocycles. The highest BCUT2D eigenvalue weighted by molar-refractivity contribution is 14.1. The van der Waals surface area contributed by atoms with Crippen molar-refractivity contribution in [2.45, 2.75) is 13.8 Å². The molecule has 2 rings (SSSR count). The number of carbonyl (C=O) groups excluding carboxylic acids is 1. The largest absolute Gasteiger partial charge is 0.490 e. The van der Waals surface area contributed by atoms with Crippen LogP contribution >= 0.6 is 33.9 Å². The van der Waals surface area contributed by atoms with Crippen molar-refractivity contribution in [3.8, 4) is 11.5 Å². The van der Waals surface area contributed by atoms with Crippen molar-refractivity contribution in [3.05, 3.63) is 43.7 Å². The molecule has 0 aliphatic carbocycles. The first-order valence-electron chi connectivity index (χ1n) is 7.11. The van der Waals surface area contributed by atoms with E-state index in [9.17, 15) is 4.79 Å². The third-order valence-corrected chi connectivity index (χ3v) is 4.41. The first kappa shape index (κ1) is 17.7. The third-order valence-electron chi connectivity index (χ3n) is 2.75. The number of nitrogens with zero attached hydrogens (tertiary/aromatic N) is 1. The topological polar surface area (TPSA) is 59.9 Å². The van der Waals surface area contributed by atoms with Gasteiger partial charge in [0, 0.05) is 0 Å². The first-order chi connectivity index (χ1) is 11.2. The molecule has 0 atom stereocenters. The predicted octanol–water partition coefficient (Wildman–Crippen LogP) is 3.91. The van der Waals surface area contributed by atoms with Crippen LogP contribution < -0.4 is 14.9 Å². The molecule has 0 saturated carbocycles. The monoisotopic (exact) mass is 444 g/mol. The Kier molecular flexibility index (Phi) is 6.85. The highest BCUT2D eigenvalue weighted by Crippen LogP contribution is 2.33. The maximum atomic E-state index is 11.8. The van der Waals surface area contributed by atoms with E-state index in [0.717, 1.165) is 14.9 Å². The summed E-state index contributed by atoms with van der Waals surface area (Å²) in [5.41, 5.74) is 3.34. The lowest BCUT2D eigenvalue weighted by molar-refractivity contribution is 0.0959. The third kappa shape index (κ3) is 4.93. The van der Waals surface area contributed by atoms with Crippen molar-refractivity contribution in [1.29, 1.82) is 0 Å². The minimum atomic E-state index is -0.220. The Morgan fingerprint density at radius 2 is 2.13 bits per heavy atom. The van der Waals surface area contributed by atoms with E-state index >= 15 is 0 Å². The molecule has 0 unspecified atom stereocenters. The number of benzene rings is 1. The minimum Gasteiger partial charge on any atom is -0.490 e. The Labute approximate surface area is 152 Å². The molecule has 0 saturated heterocycles. The highest BCUT2D eigenvalue weighted by atomic mass is 127. The molecule has 0 aliphatic heterocycles. The van der Waals surface area contributed by atoms with Crippen LogP contribution in [0.3, 0.4) is 0 Å². The van der Waals surface area contributed by atoms with Crippen LogP contribution in [0.15, 0.2) is 34.7 Å². The van der Waals surface area contributed by atoms with Gasteiger partial charge in [-0.25, -0.2) is 5.43 Å². The molecule has 0 radical (unpaired) electrons. The van der Waals surface area contributed by atoms with Crippen LogP contribution in [0.1, 0.15) is 29.1 Å². The summed E-state index contributed by atoms with van der Waals surface area (Å²) in [7, 11) is 0. The van der Waals surface area contributed by atoms with Crippen LogP contribution in [-0.4, -0.2) is 25.3 Å². The smallest absolute Gasteiger partial charge is 0.281 e. The SMILES string of the molecule is CCOc1cc(/C=N/NC(=O)c2cccs2)cc(I)c1OCC. The standard InChI is InChI=1S/C16H17IN2O3S/c1-3-21-13-9-11(8-12(17)15(13)22-4-2)10-18-19-16(20)14-6-5-7-23-14/h5-10H,3-4H2,1-2H3,(H,19,20)/b18-10+. The van der Waals surface area contributed by atoms with E-state index in [4.69, 9.17) is 9.47 Å². The molecule has 1 aromatic carbocycles. The Morgan fingerprint density at radius 3 is 2.78 bits per heavy atom. The lowest BCUT2D eigenvalue weighted by Crippen LogP contribution is -2.16. The van der Waals surface area contributed by atoms with Gasteiger partial charge in [-0.05, 0) is 65.6 Å². The van der Waals surface area contributed by atoms with Gasteiger partial charge >= 0.3 is 0 Å². The van der Waals surface area contributed by atoms with Gasteiger partial charge in [0.15, 0.2) is 11.5 Å². The lowest BCUT2D eigenvalue weighted by atomic mass is 10.2. The fourth-order valence-electron chi connectivity index (χ4n) is 1.84. The Hall–Kier alpha value is -1.61. The quantitative estimate of drug-likeness (QED) is 0.400. The average Bonchev–Trinajstić information content (AvgIpc) is 3.05. The number of rotatable bonds is 7.